The van der Waals surface area contributed by atoms with Gasteiger partial charge in [-0.3, -0.25) is 0 Å². The molecule has 2 N–H and O–H groups in total. The molecule has 0 saturated heterocycles. The van der Waals surface area contributed by atoms with Crippen LogP contribution in [0.4, 0.5) is 0 Å². The first-order valence-corrected chi connectivity index (χ1v) is 3.50. The first kappa shape index (κ1) is 8.41. The van der Waals surface area contributed by atoms with Gasteiger partial charge in [-0.1, -0.05) is 0 Å². The molecule has 1 aromatic carbocycles. The van der Waals surface area contributed by atoms with Crippen molar-refractivity contribution < 1.29 is 10.2 Å². The van der Waals surface area contributed by atoms with Gasteiger partial charge in [-0.15, -0.1) is 0 Å². The van der Waals surface area contributed by atoms with Gasteiger partial charge < -0.3 is 10.2 Å². The van der Waals surface area contributed by atoms with Crippen LogP contribution in [0.1, 0.15) is 16.7 Å². The summed E-state index contributed by atoms with van der Waals surface area (Å²) in [6.45, 7) is 3.39. The van der Waals surface area contributed by atoms with Crippen LogP contribution in [0.5, 0.6) is 11.5 Å². The molecule has 0 radical (unpaired) electrons. The molecule has 0 aliphatic rings. The second-order valence-electron chi connectivity index (χ2n) is 2.65. The summed E-state index contributed by atoms with van der Waals surface area (Å²) < 4.78 is 0. The Labute approximate surface area is 70.5 Å². The van der Waals surface area contributed by atoms with Gasteiger partial charge in [-0.05, 0) is 25.0 Å². The fourth-order valence-electron chi connectivity index (χ4n) is 1.02. The number of hydrogen-bond donors (Lipinski definition) is 2. The molecule has 3 nitrogen and oxygen atoms in total. The Morgan fingerprint density at radius 2 is 1.75 bits per heavy atom. The van der Waals surface area contributed by atoms with Gasteiger partial charge in [0.1, 0.15) is 17.6 Å². The van der Waals surface area contributed by atoms with E-state index >= 15 is 0 Å². The van der Waals surface area contributed by atoms with E-state index in [0.29, 0.717) is 11.1 Å². The molecule has 0 saturated carbocycles. The molecular weight excluding hydrogens is 154 g/mol. The molecule has 0 aromatic heterocycles. The molecule has 3 heteroatoms. The minimum atomic E-state index is -0.168. The summed E-state index contributed by atoms with van der Waals surface area (Å²) in [7, 11) is 0. The van der Waals surface area contributed by atoms with E-state index in [1.165, 1.54) is 6.07 Å². The number of phenolic OH excluding ortho intramolecular Hbond substituents is 2. The smallest absolute Gasteiger partial charge is 0.137 e. The summed E-state index contributed by atoms with van der Waals surface area (Å²) in [4.78, 5) is 0. The molecule has 0 fully saturated rings. The van der Waals surface area contributed by atoms with Crippen molar-refractivity contribution in [3.8, 4) is 17.6 Å². The highest BCUT2D eigenvalue weighted by Crippen LogP contribution is 2.30. The van der Waals surface area contributed by atoms with Crippen molar-refractivity contribution in [2.75, 3.05) is 0 Å². The van der Waals surface area contributed by atoms with Crippen LogP contribution in [-0.2, 0) is 0 Å². The lowest BCUT2D eigenvalue weighted by Gasteiger charge is -2.06. The second kappa shape index (κ2) is 2.74. The molecule has 0 amide bonds. The van der Waals surface area contributed by atoms with Crippen molar-refractivity contribution in [2.24, 2.45) is 0 Å². The Balaban J connectivity index is 3.54. The molecule has 1 rings (SSSR count). The SMILES string of the molecule is Cc1c(O)cc(O)c(C#N)c1C. The molecule has 1 aromatic rings. The van der Waals surface area contributed by atoms with E-state index in [-0.39, 0.29) is 17.1 Å². The maximum absolute atomic E-state index is 9.23. The summed E-state index contributed by atoms with van der Waals surface area (Å²) in [5.74, 6) is -0.151. The maximum Gasteiger partial charge on any atom is 0.137 e. The number of nitrogens with zero attached hydrogens (tertiary/aromatic N) is 1. The Morgan fingerprint density at radius 1 is 1.17 bits per heavy atom. The van der Waals surface area contributed by atoms with Gasteiger partial charge in [0, 0.05) is 6.07 Å². The lowest BCUT2D eigenvalue weighted by molar-refractivity contribution is 0.446. The van der Waals surface area contributed by atoms with Crippen LogP contribution < -0.4 is 0 Å². The lowest BCUT2D eigenvalue weighted by atomic mass is 10.0. The fourth-order valence-corrected chi connectivity index (χ4v) is 1.02. The quantitative estimate of drug-likeness (QED) is 0.610. The Morgan fingerprint density at radius 3 is 2.25 bits per heavy atom. The minimum absolute atomic E-state index is 0.0176. The molecule has 0 aliphatic carbocycles. The number of hydrogen-bond acceptors (Lipinski definition) is 3. The van der Waals surface area contributed by atoms with Crippen molar-refractivity contribution in [1.29, 1.82) is 5.26 Å². The van der Waals surface area contributed by atoms with Gasteiger partial charge in [-0.25, -0.2) is 0 Å². The summed E-state index contributed by atoms with van der Waals surface area (Å²) in [6, 6.07) is 3.05. The zero-order valence-electron chi connectivity index (χ0n) is 6.92. The average molecular weight is 163 g/mol. The Kier molecular flexibility index (Phi) is 1.92. The Bertz CT molecular complexity index is 364. The van der Waals surface area contributed by atoms with Gasteiger partial charge in [-0.2, -0.15) is 5.26 Å². The van der Waals surface area contributed by atoms with Gasteiger partial charge in [0.2, 0.25) is 0 Å². The van der Waals surface area contributed by atoms with Crippen molar-refractivity contribution >= 4 is 0 Å². The van der Waals surface area contributed by atoms with Gasteiger partial charge in [0.05, 0.1) is 5.56 Å². The third kappa shape index (κ3) is 1.08. The molecule has 0 atom stereocenters. The normalized spacial score (nSPS) is 9.42. The minimum Gasteiger partial charge on any atom is -0.508 e. The summed E-state index contributed by atoms with van der Waals surface area (Å²) in [5.41, 5.74) is 1.48. The van der Waals surface area contributed by atoms with E-state index < -0.39 is 0 Å². The topological polar surface area (TPSA) is 64.2 Å². The zero-order valence-corrected chi connectivity index (χ0v) is 6.92. The molecule has 0 heterocycles. The van der Waals surface area contributed by atoms with Crippen molar-refractivity contribution in [3.63, 3.8) is 0 Å². The third-order valence-electron chi connectivity index (χ3n) is 1.96. The van der Waals surface area contributed by atoms with E-state index in [1.807, 2.05) is 6.07 Å². The van der Waals surface area contributed by atoms with E-state index in [4.69, 9.17) is 5.26 Å². The van der Waals surface area contributed by atoms with Crippen molar-refractivity contribution in [3.05, 3.63) is 22.8 Å². The fraction of sp³-hybridized carbons (Fsp3) is 0.222. The number of benzene rings is 1. The molecule has 0 unspecified atom stereocenters. The molecule has 0 spiro atoms. The van der Waals surface area contributed by atoms with Crippen LogP contribution in [-0.4, -0.2) is 10.2 Å². The van der Waals surface area contributed by atoms with Crippen LogP contribution in [0.25, 0.3) is 0 Å². The first-order valence-electron chi connectivity index (χ1n) is 3.50. The summed E-state index contributed by atoms with van der Waals surface area (Å²) >= 11 is 0. The predicted octanol–water partition coefficient (Wildman–Crippen LogP) is 1.59. The van der Waals surface area contributed by atoms with Gasteiger partial charge >= 0.3 is 0 Å². The molecule has 62 valence electrons. The molecular formula is C9H9NO2. The lowest BCUT2D eigenvalue weighted by Crippen LogP contribution is -1.88. The largest absolute Gasteiger partial charge is 0.508 e. The van der Waals surface area contributed by atoms with Crippen molar-refractivity contribution in [1.82, 2.24) is 0 Å². The third-order valence-corrected chi connectivity index (χ3v) is 1.96. The van der Waals surface area contributed by atoms with Crippen LogP contribution in [0.3, 0.4) is 0 Å². The van der Waals surface area contributed by atoms with E-state index in [0.717, 1.165) is 0 Å². The standard InChI is InChI=1S/C9H9NO2/c1-5-6(2)8(11)3-9(12)7(5)4-10/h3,11-12H,1-2H3. The highest BCUT2D eigenvalue weighted by molar-refractivity contribution is 5.55. The van der Waals surface area contributed by atoms with Crippen LogP contribution in [0.15, 0.2) is 6.07 Å². The van der Waals surface area contributed by atoms with E-state index in [2.05, 4.69) is 0 Å². The number of rotatable bonds is 0. The molecule has 12 heavy (non-hydrogen) atoms. The number of aromatic hydroxyl groups is 2. The second-order valence-corrected chi connectivity index (χ2v) is 2.65. The first-order chi connectivity index (χ1) is 5.57. The van der Waals surface area contributed by atoms with Crippen LogP contribution >= 0.6 is 0 Å². The Hall–Kier alpha value is -1.69. The number of nitriles is 1. The predicted molar refractivity (Wildman–Crippen MR) is 44.0 cm³/mol. The van der Waals surface area contributed by atoms with E-state index in [1.54, 1.807) is 13.8 Å². The maximum atomic E-state index is 9.23. The summed E-state index contributed by atoms with van der Waals surface area (Å²) in [5, 5.41) is 27.1. The van der Waals surface area contributed by atoms with Gasteiger partial charge in [0.15, 0.2) is 0 Å². The highest BCUT2D eigenvalue weighted by atomic mass is 16.3. The number of phenols is 2. The molecule has 0 aliphatic heterocycles. The van der Waals surface area contributed by atoms with Crippen molar-refractivity contribution in [2.45, 2.75) is 13.8 Å². The zero-order chi connectivity index (χ0) is 9.30. The molecule has 0 bridgehead atoms. The van der Waals surface area contributed by atoms with Gasteiger partial charge in [0.25, 0.3) is 0 Å². The highest BCUT2D eigenvalue weighted by Gasteiger charge is 2.10. The summed E-state index contributed by atoms with van der Waals surface area (Å²) in [6.07, 6.45) is 0. The van der Waals surface area contributed by atoms with E-state index in [9.17, 15) is 10.2 Å². The van der Waals surface area contributed by atoms with Crippen LogP contribution in [0, 0.1) is 25.2 Å². The monoisotopic (exact) mass is 163 g/mol. The van der Waals surface area contributed by atoms with Crippen LogP contribution in [0.2, 0.25) is 0 Å². The average Bonchev–Trinajstić information content (AvgIpc) is 2.01.